The molecule has 0 radical (unpaired) electrons. The third-order valence-corrected chi connectivity index (χ3v) is 15.1. The standard InChI is InChI=1S/C26H29Si.2ClH.Hf/c1-16(2)23-22(27(5)6)13-9-11-20-15-18(4)25(26(20)23)24-17(3)14-19-10-7-8-12-21(19)24;;;/h7-14,16,23-24H,1-6H3;2*1H;/q;;;+2/p-2. The van der Waals surface area contributed by atoms with E-state index in [0.29, 0.717) is 17.8 Å². The van der Waals surface area contributed by atoms with Crippen LogP contribution >= 0.6 is 17.2 Å². The number of halogens is 2. The molecule has 0 spiro atoms. The molecule has 0 nitrogen and oxygen atoms in total. The second kappa shape index (κ2) is 8.77. The van der Waals surface area contributed by atoms with Gasteiger partial charge in [-0.1, -0.05) is 0 Å². The van der Waals surface area contributed by atoms with Crippen LogP contribution in [0.3, 0.4) is 0 Å². The Labute approximate surface area is 198 Å². The van der Waals surface area contributed by atoms with E-state index >= 15 is 0 Å². The molecule has 30 heavy (non-hydrogen) atoms. The predicted octanol–water partition coefficient (Wildman–Crippen LogP) is 7.97. The fourth-order valence-electron chi connectivity index (χ4n) is 5.48. The van der Waals surface area contributed by atoms with Gasteiger partial charge in [0.25, 0.3) is 0 Å². The van der Waals surface area contributed by atoms with Gasteiger partial charge in [-0.3, -0.25) is 0 Å². The molecule has 0 bridgehead atoms. The molecule has 2 atom stereocenters. The Bertz CT molecular complexity index is 1090. The summed E-state index contributed by atoms with van der Waals surface area (Å²) >= 11 is -2.83. The average molecular weight is 619 g/mol. The number of allylic oxidation sites excluding steroid dienone is 9. The summed E-state index contributed by atoms with van der Waals surface area (Å²) in [5.74, 6) is 1.27. The summed E-state index contributed by atoms with van der Waals surface area (Å²) < 4.78 is 1.31. The van der Waals surface area contributed by atoms with Crippen LogP contribution in [0.4, 0.5) is 0 Å². The molecule has 0 aromatic heterocycles. The molecule has 0 saturated carbocycles. The summed E-state index contributed by atoms with van der Waals surface area (Å²) in [5, 5.41) is 1.62. The predicted molar refractivity (Wildman–Crippen MR) is 132 cm³/mol. The van der Waals surface area contributed by atoms with Gasteiger partial charge in [-0.05, 0) is 0 Å². The summed E-state index contributed by atoms with van der Waals surface area (Å²) in [5.41, 5.74) is 9.91. The second-order valence-electron chi connectivity index (χ2n) is 9.15. The van der Waals surface area contributed by atoms with Gasteiger partial charge >= 0.3 is 199 Å². The van der Waals surface area contributed by atoms with Gasteiger partial charge < -0.3 is 0 Å². The minimum absolute atomic E-state index is 0.306. The topological polar surface area (TPSA) is 0 Å². The Balaban J connectivity index is 2.06. The van der Waals surface area contributed by atoms with E-state index in [4.69, 9.17) is 17.2 Å². The van der Waals surface area contributed by atoms with Crippen molar-refractivity contribution in [2.75, 3.05) is 0 Å². The molecule has 0 N–H and O–H groups in total. The summed E-state index contributed by atoms with van der Waals surface area (Å²) in [6, 6.07) is 8.86. The van der Waals surface area contributed by atoms with Gasteiger partial charge in [0, 0.05) is 0 Å². The van der Waals surface area contributed by atoms with Crippen molar-refractivity contribution in [1.82, 2.24) is 0 Å². The summed E-state index contributed by atoms with van der Waals surface area (Å²) in [6.45, 7) is 14.1. The first kappa shape index (κ1) is 22.6. The first-order valence-electron chi connectivity index (χ1n) is 10.7. The molecule has 3 aliphatic carbocycles. The maximum atomic E-state index is 6.80. The molecule has 155 valence electrons. The summed E-state index contributed by atoms with van der Waals surface area (Å²) in [4.78, 5) is 0. The van der Waals surface area contributed by atoms with E-state index in [0.717, 1.165) is 0 Å². The molecule has 2 unspecified atom stereocenters. The molecule has 0 amide bonds. The van der Waals surface area contributed by atoms with Crippen molar-refractivity contribution in [2.45, 2.75) is 46.7 Å². The molecule has 0 heterocycles. The quantitative estimate of drug-likeness (QED) is 0.302. The van der Waals surface area contributed by atoms with E-state index in [9.17, 15) is 0 Å². The molecule has 4 rings (SSSR count). The van der Waals surface area contributed by atoms with Crippen molar-refractivity contribution in [3.05, 3.63) is 84.8 Å². The zero-order valence-electron chi connectivity index (χ0n) is 18.6. The molecule has 4 heteroatoms. The fourth-order valence-corrected chi connectivity index (χ4v) is 14.0. The molecular weight excluding hydrogens is 590 g/mol. The number of hydrogen-bond donors (Lipinski definition) is 0. The van der Waals surface area contributed by atoms with Crippen LogP contribution < -0.4 is 0 Å². The van der Waals surface area contributed by atoms with Gasteiger partial charge in [0.2, 0.25) is 0 Å². The second-order valence-corrected chi connectivity index (χ2v) is 23.2. The van der Waals surface area contributed by atoms with E-state index in [1.54, 1.807) is 5.17 Å². The summed E-state index contributed by atoms with van der Waals surface area (Å²) in [7, 11) is 13.0. The number of fused-ring (bicyclic) bond motifs is 2. The van der Waals surface area contributed by atoms with Gasteiger partial charge in [0.15, 0.2) is 0 Å². The number of hydrogen-bond acceptors (Lipinski definition) is 0. The van der Waals surface area contributed by atoms with E-state index in [1.165, 1.54) is 42.3 Å². The van der Waals surface area contributed by atoms with Crippen LogP contribution in [0.1, 0.15) is 44.7 Å². The van der Waals surface area contributed by atoms with Crippen LogP contribution in [0.25, 0.3) is 6.08 Å². The van der Waals surface area contributed by atoms with Crippen LogP contribution in [0.2, 0.25) is 13.1 Å². The maximum absolute atomic E-state index is 6.80. The van der Waals surface area contributed by atoms with Gasteiger partial charge in [-0.25, -0.2) is 0 Å². The normalized spacial score (nSPS) is 22.9. The van der Waals surface area contributed by atoms with E-state index in [1.807, 2.05) is 0 Å². The van der Waals surface area contributed by atoms with Crippen molar-refractivity contribution in [3.8, 4) is 0 Å². The Morgan fingerprint density at radius 3 is 2.37 bits per heavy atom. The van der Waals surface area contributed by atoms with Crippen LogP contribution in [-0.4, -0.2) is 13.6 Å². The molecular formula is C26H29Cl2HfSi. The molecule has 0 fully saturated rings. The van der Waals surface area contributed by atoms with Crippen molar-refractivity contribution in [3.63, 3.8) is 0 Å². The van der Waals surface area contributed by atoms with Crippen LogP contribution in [0, 0.1) is 11.8 Å². The molecule has 1 aromatic carbocycles. The number of rotatable bonds is 3. The first-order valence-corrected chi connectivity index (χ1v) is 23.9. The van der Waals surface area contributed by atoms with Gasteiger partial charge in [-0.15, -0.1) is 0 Å². The van der Waals surface area contributed by atoms with Gasteiger partial charge in [0.05, 0.1) is 0 Å². The zero-order valence-corrected chi connectivity index (χ0v) is 24.7. The first-order chi connectivity index (χ1) is 14.2. The van der Waals surface area contributed by atoms with Crippen molar-refractivity contribution < 1.29 is 19.1 Å². The zero-order chi connectivity index (χ0) is 21.7. The van der Waals surface area contributed by atoms with Crippen LogP contribution in [0.5, 0.6) is 0 Å². The Morgan fingerprint density at radius 1 is 1.03 bits per heavy atom. The SMILES string of the molecule is CC1=Cc2ccccc2C1C1=C2C(=CC=CC(=[Si](C)C)C2C(C)C)[C]([Hf]([Cl])[Cl])=C1C. The van der Waals surface area contributed by atoms with E-state index in [-0.39, 0.29) is 0 Å². The Morgan fingerprint density at radius 2 is 1.73 bits per heavy atom. The summed E-state index contributed by atoms with van der Waals surface area (Å²) in [6.07, 6.45) is 9.32. The number of benzene rings is 1. The molecule has 1 aromatic rings. The Hall–Kier alpha value is -0.543. The average Bonchev–Trinajstić information content (AvgIpc) is 3.04. The van der Waals surface area contributed by atoms with Gasteiger partial charge in [-0.2, -0.15) is 0 Å². The van der Waals surface area contributed by atoms with Crippen molar-refractivity contribution in [1.29, 1.82) is 0 Å². The van der Waals surface area contributed by atoms with Crippen molar-refractivity contribution in [2.24, 2.45) is 11.8 Å². The Kier molecular flexibility index (Phi) is 6.62. The van der Waals surface area contributed by atoms with Crippen LogP contribution in [0.15, 0.2) is 73.7 Å². The molecule has 0 saturated heterocycles. The molecule has 3 aliphatic rings. The van der Waals surface area contributed by atoms with Crippen molar-refractivity contribution >= 4 is 36.8 Å². The van der Waals surface area contributed by atoms with Gasteiger partial charge in [0.1, 0.15) is 0 Å². The van der Waals surface area contributed by atoms with Crippen LogP contribution in [-0.2, 0) is 19.1 Å². The minimum atomic E-state index is -2.83. The van der Waals surface area contributed by atoms with E-state index < -0.39 is 27.5 Å². The van der Waals surface area contributed by atoms with E-state index in [2.05, 4.69) is 89.4 Å². The fraction of sp³-hybridized carbons (Fsp3) is 0.346. The third kappa shape index (κ3) is 3.66. The monoisotopic (exact) mass is 619 g/mol. The molecule has 0 aliphatic heterocycles. The third-order valence-electron chi connectivity index (χ3n) is 6.68.